The van der Waals surface area contributed by atoms with Crippen LogP contribution in [0.2, 0.25) is 0 Å². The Morgan fingerprint density at radius 1 is 0.550 bits per heavy atom. The second-order valence-electron chi connectivity index (χ2n) is 10.8. The second-order valence-corrected chi connectivity index (χ2v) is 10.8. The summed E-state index contributed by atoms with van der Waals surface area (Å²) in [5.74, 6) is 20.0. The minimum atomic E-state index is 1.16. The Balaban J connectivity index is 1.55. The van der Waals surface area contributed by atoms with Crippen molar-refractivity contribution < 1.29 is 0 Å². The summed E-state index contributed by atoms with van der Waals surface area (Å²) in [4.78, 5) is 0. The Bertz CT molecular complexity index is 707. The summed E-state index contributed by atoms with van der Waals surface area (Å²) in [5.41, 5.74) is 4.35. The molecule has 10 rings (SSSR count). The lowest BCUT2D eigenvalue weighted by molar-refractivity contribution is 0.181. The van der Waals surface area contributed by atoms with Gasteiger partial charge in [0.15, 0.2) is 0 Å². The maximum Gasteiger partial charge on any atom is -0.0126 e. The number of rotatable bonds is 0. The lowest BCUT2D eigenvalue weighted by atomic mass is 9.74. The van der Waals surface area contributed by atoms with Gasteiger partial charge in [-0.3, -0.25) is 0 Å². The lowest BCUT2D eigenvalue weighted by Gasteiger charge is -2.31. The Kier molecular flexibility index (Phi) is 0.797. The minimum Gasteiger partial charge on any atom is -0.0664 e. The molecule has 0 heterocycles. The standard InChI is InChI=1S/C20H20/c1-3-7-5-2-6-8-4(1)10-9(3)15-13(7)17-11(5)12(6)18-14(8)16(10)19(15)20(17)18/h3-5,7,9-20H,1-2H2/t3-,4+,5-,7-,9-,10+,11-,12-,13-,14+,15-,16+,17-,18-,19+,20+/m1/s1. The molecule has 0 nitrogen and oxygen atoms in total. The van der Waals surface area contributed by atoms with Crippen LogP contribution in [0.4, 0.5) is 0 Å². The molecule has 0 bridgehead atoms. The van der Waals surface area contributed by atoms with Crippen molar-refractivity contribution in [2.45, 2.75) is 12.8 Å². The monoisotopic (exact) mass is 260 g/mol. The van der Waals surface area contributed by atoms with Gasteiger partial charge in [-0.25, -0.2) is 0 Å². The highest BCUT2D eigenvalue weighted by Gasteiger charge is 2.90. The Labute approximate surface area is 119 Å². The number of hydrogen-bond acceptors (Lipinski definition) is 0. The Hall–Kier alpha value is -0.260. The predicted molar refractivity (Wildman–Crippen MR) is 72.1 cm³/mol. The molecule has 0 aliphatic heterocycles. The normalized spacial score (nSPS) is 92.4. The van der Waals surface area contributed by atoms with E-state index in [0.29, 0.717) is 0 Å². The number of allylic oxidation sites excluding steroid dienone is 2. The molecular formula is C20H20. The van der Waals surface area contributed by atoms with Crippen molar-refractivity contribution in [2.75, 3.05) is 0 Å². The first-order chi connectivity index (χ1) is 9.97. The molecule has 0 aromatic carbocycles. The van der Waals surface area contributed by atoms with E-state index in [1.807, 2.05) is 0 Å². The van der Waals surface area contributed by atoms with Gasteiger partial charge in [0.1, 0.15) is 0 Å². The summed E-state index contributed by atoms with van der Waals surface area (Å²) >= 11 is 0. The third-order valence-corrected chi connectivity index (χ3v) is 11.9. The summed E-state index contributed by atoms with van der Waals surface area (Å²) < 4.78 is 0. The van der Waals surface area contributed by atoms with E-state index in [-0.39, 0.29) is 0 Å². The zero-order valence-corrected chi connectivity index (χ0v) is 11.7. The van der Waals surface area contributed by atoms with E-state index in [1.54, 1.807) is 12.8 Å². The summed E-state index contributed by atoms with van der Waals surface area (Å²) in [6.45, 7) is 0. The fourth-order valence-electron chi connectivity index (χ4n) is 13.3. The zero-order valence-electron chi connectivity index (χ0n) is 11.7. The topological polar surface area (TPSA) is 0 Å². The average Bonchev–Trinajstić information content (AvgIpc) is 3.11. The van der Waals surface area contributed by atoms with Crippen LogP contribution in [0.15, 0.2) is 11.1 Å². The van der Waals surface area contributed by atoms with Crippen LogP contribution in [-0.2, 0) is 0 Å². The van der Waals surface area contributed by atoms with Gasteiger partial charge in [0.25, 0.3) is 0 Å². The SMILES string of the molecule is C1C2=C3[C@@H]4[C@H]5[C@H]2[C@H]2[C@H]1[C@H]1[C@H]6C[C@@H]3[C@H]3[C@@H]6[C@@H]6[C@@H]1[C@@H]2[C@@H]5[C@@H]6[C@H]43. The molecule has 16 atom stereocenters. The van der Waals surface area contributed by atoms with Gasteiger partial charge in [-0.1, -0.05) is 11.1 Å². The third-order valence-electron chi connectivity index (χ3n) is 11.9. The predicted octanol–water partition coefficient (Wildman–Crippen LogP) is 3.06. The maximum absolute atomic E-state index is 2.19. The molecule has 0 unspecified atom stereocenters. The molecule has 0 saturated heterocycles. The van der Waals surface area contributed by atoms with Crippen molar-refractivity contribution in [3.8, 4) is 0 Å². The molecule has 0 amide bonds. The van der Waals surface area contributed by atoms with Crippen molar-refractivity contribution >= 4 is 0 Å². The van der Waals surface area contributed by atoms with Crippen LogP contribution in [0, 0.1) is 94.7 Å². The van der Waals surface area contributed by atoms with Crippen LogP contribution in [0.5, 0.6) is 0 Å². The quantitative estimate of drug-likeness (QED) is 0.587. The molecule has 10 aliphatic carbocycles. The number of fused-ring (bicyclic) bond motifs is 3. The van der Waals surface area contributed by atoms with Crippen molar-refractivity contribution in [3.63, 3.8) is 0 Å². The van der Waals surface area contributed by atoms with E-state index >= 15 is 0 Å². The summed E-state index contributed by atoms with van der Waals surface area (Å²) in [6, 6.07) is 0. The largest absolute Gasteiger partial charge is 0.0664 e. The molecule has 9 saturated carbocycles. The first-order valence-corrected chi connectivity index (χ1v) is 9.69. The Morgan fingerprint density at radius 3 is 2.35 bits per heavy atom. The minimum absolute atomic E-state index is 1.16. The van der Waals surface area contributed by atoms with Crippen LogP contribution in [0.3, 0.4) is 0 Å². The molecule has 0 N–H and O–H groups in total. The van der Waals surface area contributed by atoms with Crippen molar-refractivity contribution in [3.05, 3.63) is 11.1 Å². The molecular weight excluding hydrogens is 240 g/mol. The highest BCUT2D eigenvalue weighted by atomic mass is 14.9. The van der Waals surface area contributed by atoms with Crippen LogP contribution < -0.4 is 0 Å². The van der Waals surface area contributed by atoms with Crippen LogP contribution in [-0.4, -0.2) is 0 Å². The molecule has 0 aromatic heterocycles. The van der Waals surface area contributed by atoms with Gasteiger partial charge >= 0.3 is 0 Å². The summed E-state index contributed by atoms with van der Waals surface area (Å²) in [7, 11) is 0. The second kappa shape index (κ2) is 1.90. The summed E-state index contributed by atoms with van der Waals surface area (Å²) in [5, 5.41) is 0. The molecule has 0 heteroatoms. The molecule has 100 valence electrons. The maximum atomic E-state index is 2.19. The van der Waals surface area contributed by atoms with Crippen LogP contribution >= 0.6 is 0 Å². The van der Waals surface area contributed by atoms with Gasteiger partial charge in [0.05, 0.1) is 0 Å². The van der Waals surface area contributed by atoms with Crippen LogP contribution in [0.25, 0.3) is 0 Å². The van der Waals surface area contributed by atoms with E-state index in [1.165, 1.54) is 88.8 Å². The van der Waals surface area contributed by atoms with Crippen molar-refractivity contribution in [1.29, 1.82) is 0 Å². The first-order valence-electron chi connectivity index (χ1n) is 9.69. The van der Waals surface area contributed by atoms with E-state index in [2.05, 4.69) is 11.1 Å². The van der Waals surface area contributed by atoms with Gasteiger partial charge < -0.3 is 0 Å². The lowest BCUT2D eigenvalue weighted by Crippen LogP contribution is -2.26. The van der Waals surface area contributed by atoms with E-state index in [9.17, 15) is 0 Å². The van der Waals surface area contributed by atoms with E-state index in [0.717, 1.165) is 5.92 Å². The fourth-order valence-corrected chi connectivity index (χ4v) is 13.3. The van der Waals surface area contributed by atoms with Gasteiger partial charge in [-0.15, -0.1) is 0 Å². The van der Waals surface area contributed by atoms with E-state index < -0.39 is 0 Å². The van der Waals surface area contributed by atoms with Gasteiger partial charge in [0.2, 0.25) is 0 Å². The third kappa shape index (κ3) is 0.428. The zero-order chi connectivity index (χ0) is 11.8. The average molecular weight is 260 g/mol. The Morgan fingerprint density at radius 2 is 1.35 bits per heavy atom. The van der Waals surface area contributed by atoms with Crippen molar-refractivity contribution in [1.82, 2.24) is 0 Å². The fraction of sp³-hybridized carbons (Fsp3) is 0.900. The molecule has 0 spiro atoms. The van der Waals surface area contributed by atoms with Gasteiger partial charge in [0, 0.05) is 0 Å². The molecule has 0 aromatic rings. The molecule has 9 fully saturated rings. The van der Waals surface area contributed by atoms with Crippen molar-refractivity contribution in [2.24, 2.45) is 94.7 Å². The highest BCUT2D eigenvalue weighted by Crippen LogP contribution is 2.95. The molecule has 10 aliphatic rings. The number of hydrogen-bond donors (Lipinski definition) is 0. The smallest absolute Gasteiger partial charge is 0.0126 e. The molecule has 20 heavy (non-hydrogen) atoms. The highest BCUT2D eigenvalue weighted by molar-refractivity contribution is 5.52. The van der Waals surface area contributed by atoms with Gasteiger partial charge in [-0.05, 0) is 108 Å². The first kappa shape index (κ1) is 8.39. The van der Waals surface area contributed by atoms with Crippen LogP contribution in [0.1, 0.15) is 12.8 Å². The molecule has 0 radical (unpaired) electrons. The van der Waals surface area contributed by atoms with Gasteiger partial charge in [-0.2, -0.15) is 0 Å². The van der Waals surface area contributed by atoms with E-state index in [4.69, 9.17) is 0 Å². The summed E-state index contributed by atoms with van der Waals surface area (Å²) in [6.07, 6.45) is 3.34.